The number of carbonyl (C=O) groups is 1. The van der Waals surface area contributed by atoms with Gasteiger partial charge in [0.05, 0.1) is 13.2 Å². The Morgan fingerprint density at radius 1 is 1.41 bits per heavy atom. The molecule has 0 unspecified atom stereocenters. The standard InChI is InChI=1S/C23H34N2O6S/c1-7-22(27)24(6)14-20-16(2)13-25(17(3)15-26)32(29,30)21-9-8-18(12-19(21)31-20)10-11-23(4,5)28/h8-9,12,16-17,20,26,28H,7,13-15H2,1-6H3/t16-,17-,20+/m1/s1. The lowest BCUT2D eigenvalue weighted by molar-refractivity contribution is -0.131. The number of fused-ring (bicyclic) bond motifs is 1. The number of aliphatic hydroxyl groups is 2. The van der Waals surface area contributed by atoms with Gasteiger partial charge in [-0.1, -0.05) is 25.7 Å². The molecule has 32 heavy (non-hydrogen) atoms. The van der Waals surface area contributed by atoms with E-state index in [4.69, 9.17) is 4.74 Å². The molecule has 0 radical (unpaired) electrons. The van der Waals surface area contributed by atoms with Gasteiger partial charge in [0.15, 0.2) is 0 Å². The Kier molecular flexibility index (Phi) is 8.34. The predicted octanol–water partition coefficient (Wildman–Crippen LogP) is 1.45. The van der Waals surface area contributed by atoms with E-state index in [0.29, 0.717) is 12.0 Å². The van der Waals surface area contributed by atoms with Crippen molar-refractivity contribution in [3.63, 3.8) is 0 Å². The molecule has 9 heteroatoms. The van der Waals surface area contributed by atoms with E-state index in [1.54, 1.807) is 51.8 Å². The number of hydrogen-bond acceptors (Lipinski definition) is 6. The number of amides is 1. The summed E-state index contributed by atoms with van der Waals surface area (Å²) in [7, 11) is -2.26. The van der Waals surface area contributed by atoms with Crippen LogP contribution in [0.15, 0.2) is 23.1 Å². The zero-order valence-electron chi connectivity index (χ0n) is 19.6. The van der Waals surface area contributed by atoms with Gasteiger partial charge in [-0.05, 0) is 39.0 Å². The number of aliphatic hydroxyl groups excluding tert-OH is 1. The summed E-state index contributed by atoms with van der Waals surface area (Å²) in [6, 6.07) is 3.91. The van der Waals surface area contributed by atoms with Crippen molar-refractivity contribution in [2.75, 3.05) is 26.7 Å². The van der Waals surface area contributed by atoms with Crippen molar-refractivity contribution in [3.05, 3.63) is 23.8 Å². The van der Waals surface area contributed by atoms with Crippen LogP contribution in [0.25, 0.3) is 0 Å². The van der Waals surface area contributed by atoms with Crippen LogP contribution in [-0.2, 0) is 14.8 Å². The third-order valence-corrected chi connectivity index (χ3v) is 7.38. The molecule has 2 N–H and O–H groups in total. The first-order chi connectivity index (χ1) is 14.8. The summed E-state index contributed by atoms with van der Waals surface area (Å²) in [5, 5.41) is 19.6. The summed E-state index contributed by atoms with van der Waals surface area (Å²) in [5.74, 6) is 5.39. The number of benzene rings is 1. The van der Waals surface area contributed by atoms with E-state index in [2.05, 4.69) is 11.8 Å². The topological polar surface area (TPSA) is 107 Å². The first-order valence-corrected chi connectivity index (χ1v) is 12.2. The molecule has 3 atom stereocenters. The van der Waals surface area contributed by atoms with Gasteiger partial charge >= 0.3 is 0 Å². The Bertz CT molecular complexity index is 990. The Labute approximate surface area is 191 Å². The van der Waals surface area contributed by atoms with Gasteiger partial charge in [0.2, 0.25) is 15.9 Å². The van der Waals surface area contributed by atoms with Crippen LogP contribution < -0.4 is 4.74 Å². The molecule has 0 saturated heterocycles. The minimum absolute atomic E-state index is 0.0204. The Morgan fingerprint density at radius 3 is 2.62 bits per heavy atom. The maximum absolute atomic E-state index is 13.4. The number of sulfonamides is 1. The van der Waals surface area contributed by atoms with Crippen LogP contribution in [0.2, 0.25) is 0 Å². The van der Waals surface area contributed by atoms with Crippen LogP contribution in [0.1, 0.15) is 46.6 Å². The number of carbonyl (C=O) groups excluding carboxylic acids is 1. The molecule has 0 fully saturated rings. The van der Waals surface area contributed by atoms with E-state index in [0.717, 1.165) is 0 Å². The predicted molar refractivity (Wildman–Crippen MR) is 122 cm³/mol. The fourth-order valence-corrected chi connectivity index (χ4v) is 5.21. The third-order valence-electron chi connectivity index (χ3n) is 5.36. The Morgan fingerprint density at radius 2 is 2.06 bits per heavy atom. The van der Waals surface area contributed by atoms with Crippen molar-refractivity contribution in [1.82, 2.24) is 9.21 Å². The number of likely N-dealkylation sites (N-methyl/N-ethyl adjacent to an activating group) is 1. The quantitative estimate of drug-likeness (QED) is 0.636. The fourth-order valence-electron chi connectivity index (χ4n) is 3.39. The second kappa shape index (κ2) is 10.2. The van der Waals surface area contributed by atoms with Crippen molar-refractivity contribution in [1.29, 1.82) is 0 Å². The first-order valence-electron chi connectivity index (χ1n) is 10.7. The van der Waals surface area contributed by atoms with Gasteiger partial charge in [-0.15, -0.1) is 0 Å². The van der Waals surface area contributed by atoms with Crippen LogP contribution in [0.3, 0.4) is 0 Å². The smallest absolute Gasteiger partial charge is 0.247 e. The maximum Gasteiger partial charge on any atom is 0.247 e. The zero-order chi connectivity index (χ0) is 24.3. The monoisotopic (exact) mass is 466 g/mol. The van der Waals surface area contributed by atoms with Gasteiger partial charge in [0, 0.05) is 37.5 Å². The number of rotatable bonds is 5. The minimum atomic E-state index is -3.95. The SMILES string of the molecule is CCC(=O)N(C)C[C@@H]1Oc2cc(C#CC(C)(C)O)ccc2S(=O)(=O)N([C@H](C)CO)C[C@H]1C. The summed E-state index contributed by atoms with van der Waals surface area (Å²) in [6.07, 6.45) is -0.122. The van der Waals surface area contributed by atoms with Crippen LogP contribution in [0, 0.1) is 17.8 Å². The summed E-state index contributed by atoms with van der Waals surface area (Å²) in [5.41, 5.74) is -0.710. The van der Waals surface area contributed by atoms with Gasteiger partial charge in [0.1, 0.15) is 22.4 Å². The van der Waals surface area contributed by atoms with Crippen molar-refractivity contribution < 1.29 is 28.2 Å². The molecule has 178 valence electrons. The first kappa shape index (κ1) is 26.1. The lowest BCUT2D eigenvalue weighted by Gasteiger charge is -2.37. The highest BCUT2D eigenvalue weighted by atomic mass is 32.2. The van der Waals surface area contributed by atoms with Crippen molar-refractivity contribution in [3.8, 4) is 17.6 Å². The van der Waals surface area contributed by atoms with E-state index in [9.17, 15) is 23.4 Å². The summed E-state index contributed by atoms with van der Waals surface area (Å²) >= 11 is 0. The minimum Gasteiger partial charge on any atom is -0.487 e. The Hall–Kier alpha value is -2.12. The second-order valence-electron chi connectivity index (χ2n) is 8.84. The van der Waals surface area contributed by atoms with Crippen molar-refractivity contribution in [2.24, 2.45) is 5.92 Å². The van der Waals surface area contributed by atoms with E-state index in [1.807, 2.05) is 6.92 Å². The van der Waals surface area contributed by atoms with Crippen LogP contribution in [0.5, 0.6) is 5.75 Å². The molecular formula is C23H34N2O6S. The zero-order valence-corrected chi connectivity index (χ0v) is 20.4. The molecular weight excluding hydrogens is 432 g/mol. The molecule has 1 amide bonds. The average Bonchev–Trinajstić information content (AvgIpc) is 2.72. The van der Waals surface area contributed by atoms with E-state index >= 15 is 0 Å². The molecule has 1 aromatic rings. The molecule has 0 aliphatic carbocycles. The largest absolute Gasteiger partial charge is 0.487 e. The number of ether oxygens (including phenoxy) is 1. The number of nitrogens with zero attached hydrogens (tertiary/aromatic N) is 2. The van der Waals surface area contributed by atoms with E-state index in [-0.39, 0.29) is 42.2 Å². The highest BCUT2D eigenvalue weighted by Crippen LogP contribution is 2.34. The Balaban J connectivity index is 2.60. The second-order valence-corrected chi connectivity index (χ2v) is 10.7. The van der Waals surface area contributed by atoms with E-state index < -0.39 is 27.8 Å². The molecule has 0 aromatic heterocycles. The molecule has 0 bridgehead atoms. The molecule has 0 spiro atoms. The molecule has 2 rings (SSSR count). The van der Waals surface area contributed by atoms with Crippen molar-refractivity contribution >= 4 is 15.9 Å². The molecule has 1 aliphatic heterocycles. The molecule has 0 saturated carbocycles. The summed E-state index contributed by atoms with van der Waals surface area (Å²) in [4.78, 5) is 13.7. The van der Waals surface area contributed by atoms with Crippen LogP contribution in [0.4, 0.5) is 0 Å². The van der Waals surface area contributed by atoms with Crippen molar-refractivity contribution in [2.45, 2.75) is 63.7 Å². The summed E-state index contributed by atoms with van der Waals surface area (Å²) < 4.78 is 34.3. The van der Waals surface area contributed by atoms with Crippen LogP contribution in [-0.4, -0.2) is 78.2 Å². The third kappa shape index (κ3) is 6.23. The molecule has 1 aromatic carbocycles. The number of hydrogen-bond donors (Lipinski definition) is 2. The van der Waals surface area contributed by atoms with Gasteiger partial charge in [-0.25, -0.2) is 8.42 Å². The molecule has 8 nitrogen and oxygen atoms in total. The van der Waals surface area contributed by atoms with Gasteiger partial charge in [-0.3, -0.25) is 4.79 Å². The lowest BCUT2D eigenvalue weighted by atomic mass is 10.0. The average molecular weight is 467 g/mol. The lowest BCUT2D eigenvalue weighted by Crippen LogP contribution is -2.50. The fraction of sp³-hybridized carbons (Fsp3) is 0.609. The van der Waals surface area contributed by atoms with Gasteiger partial charge in [-0.2, -0.15) is 4.31 Å². The maximum atomic E-state index is 13.4. The normalized spacial score (nSPS) is 21.8. The molecule has 1 heterocycles. The molecule has 1 aliphatic rings. The van der Waals surface area contributed by atoms with E-state index in [1.165, 1.54) is 10.4 Å². The highest BCUT2D eigenvalue weighted by molar-refractivity contribution is 7.89. The van der Waals surface area contributed by atoms with Crippen LogP contribution >= 0.6 is 0 Å². The summed E-state index contributed by atoms with van der Waals surface area (Å²) in [6.45, 7) is 8.51. The van der Waals surface area contributed by atoms with Gasteiger partial charge in [0.25, 0.3) is 0 Å². The highest BCUT2D eigenvalue weighted by Gasteiger charge is 2.38. The van der Waals surface area contributed by atoms with Gasteiger partial charge < -0.3 is 19.8 Å².